The number of carbonyl (C=O) groups excluding carboxylic acids is 2. The molecule has 0 radical (unpaired) electrons. The van der Waals surface area contributed by atoms with Crippen LogP contribution in [0.4, 0.5) is 23.2 Å². The lowest BCUT2D eigenvalue weighted by atomic mass is 9.90. The van der Waals surface area contributed by atoms with E-state index in [4.69, 9.17) is 4.74 Å². The number of alkyl halides is 3. The summed E-state index contributed by atoms with van der Waals surface area (Å²) in [5, 5.41) is 6.02. The zero-order valence-electron chi connectivity index (χ0n) is 19.6. The number of nitrogens with one attached hydrogen (secondary N) is 2. The summed E-state index contributed by atoms with van der Waals surface area (Å²) in [4.78, 5) is 28.6. The first-order valence-electron chi connectivity index (χ1n) is 12.1. The Morgan fingerprint density at radius 2 is 1.89 bits per heavy atom. The van der Waals surface area contributed by atoms with Crippen molar-refractivity contribution < 1.29 is 31.9 Å². The number of rotatable bonds is 7. The Morgan fingerprint density at radius 1 is 1.14 bits per heavy atom. The fourth-order valence-electron chi connectivity index (χ4n) is 5.24. The predicted molar refractivity (Wildman–Crippen MR) is 124 cm³/mol. The number of para-hydroxylation sites is 1. The van der Waals surface area contributed by atoms with E-state index < -0.39 is 35.5 Å². The van der Waals surface area contributed by atoms with Crippen LogP contribution in [0.1, 0.15) is 47.3 Å². The summed E-state index contributed by atoms with van der Waals surface area (Å²) in [6.45, 7) is 3.05. The molecule has 0 aromatic heterocycles. The average molecular weight is 506 g/mol. The molecule has 10 heteroatoms. The van der Waals surface area contributed by atoms with E-state index >= 15 is 0 Å². The number of piperidine rings is 1. The molecule has 1 aliphatic carbocycles. The number of amides is 2. The summed E-state index contributed by atoms with van der Waals surface area (Å²) in [6, 6.07) is 7.83. The minimum absolute atomic E-state index is 0.0248. The highest BCUT2D eigenvalue weighted by Gasteiger charge is 2.56. The molecule has 3 fully saturated rings. The van der Waals surface area contributed by atoms with E-state index in [0.29, 0.717) is 30.3 Å². The van der Waals surface area contributed by atoms with Crippen LogP contribution in [-0.2, 0) is 15.7 Å². The lowest BCUT2D eigenvalue weighted by Crippen LogP contribution is -2.51. The van der Waals surface area contributed by atoms with E-state index in [2.05, 4.69) is 10.6 Å². The summed E-state index contributed by atoms with van der Waals surface area (Å²) >= 11 is 0. The highest BCUT2D eigenvalue weighted by Crippen LogP contribution is 2.49. The third-order valence-electron chi connectivity index (χ3n) is 7.26. The van der Waals surface area contributed by atoms with Crippen LogP contribution in [0, 0.1) is 17.7 Å². The number of fused-ring (bicyclic) bond motifs is 1. The van der Waals surface area contributed by atoms with Crippen LogP contribution in [0.2, 0.25) is 0 Å². The van der Waals surface area contributed by atoms with Crippen molar-refractivity contribution in [3.05, 3.63) is 65.0 Å². The van der Waals surface area contributed by atoms with Gasteiger partial charge in [0, 0.05) is 29.8 Å². The first-order chi connectivity index (χ1) is 17.2. The molecular weight excluding hydrogens is 478 g/mol. The molecule has 2 heterocycles. The van der Waals surface area contributed by atoms with Gasteiger partial charge < -0.3 is 20.3 Å². The number of hydrogen-bond acceptors (Lipinski definition) is 4. The zero-order chi connectivity index (χ0) is 25.6. The molecule has 2 amide bonds. The van der Waals surface area contributed by atoms with Crippen LogP contribution in [0.25, 0.3) is 0 Å². The molecule has 3 aliphatic rings. The van der Waals surface area contributed by atoms with Crippen molar-refractivity contribution in [2.75, 3.05) is 25.1 Å². The molecule has 192 valence electrons. The van der Waals surface area contributed by atoms with Gasteiger partial charge in [-0.05, 0) is 49.9 Å². The van der Waals surface area contributed by atoms with Crippen LogP contribution in [0.15, 0.2) is 42.5 Å². The van der Waals surface area contributed by atoms with Gasteiger partial charge in [-0.15, -0.1) is 0 Å². The summed E-state index contributed by atoms with van der Waals surface area (Å²) in [5.41, 5.74) is 0.0425. The SMILES string of the molecule is CCNc1ccccc1C(=O)N1[C@@H](C(=O)NC(c2ccc(C(F)(F)F)cc2F)C2COC2)C[C@H]2C[C@H]21. The molecule has 5 rings (SSSR count). The summed E-state index contributed by atoms with van der Waals surface area (Å²) in [5.74, 6) is -1.78. The minimum atomic E-state index is -4.67. The normalized spacial score (nSPS) is 24.0. The Balaban J connectivity index is 1.39. The number of carbonyl (C=O) groups is 2. The summed E-state index contributed by atoms with van der Waals surface area (Å²) < 4.78 is 59.1. The number of ether oxygens (including phenoxy) is 1. The van der Waals surface area contributed by atoms with Gasteiger partial charge in [0.1, 0.15) is 11.9 Å². The fraction of sp³-hybridized carbons (Fsp3) is 0.462. The lowest BCUT2D eigenvalue weighted by molar-refractivity contribution is -0.138. The quantitative estimate of drug-likeness (QED) is 0.548. The molecule has 1 unspecified atom stereocenters. The van der Waals surface area contributed by atoms with Gasteiger partial charge in [0.25, 0.3) is 5.91 Å². The highest BCUT2D eigenvalue weighted by atomic mass is 19.4. The second kappa shape index (κ2) is 9.38. The number of anilines is 1. The average Bonchev–Trinajstić information content (AvgIpc) is 3.46. The van der Waals surface area contributed by atoms with E-state index in [1.165, 1.54) is 0 Å². The van der Waals surface area contributed by atoms with Crippen LogP contribution in [-0.4, -0.2) is 48.6 Å². The Hall–Kier alpha value is -3.14. The van der Waals surface area contributed by atoms with Gasteiger partial charge >= 0.3 is 6.18 Å². The molecule has 4 atom stereocenters. The van der Waals surface area contributed by atoms with Crippen LogP contribution in [0.5, 0.6) is 0 Å². The van der Waals surface area contributed by atoms with Crippen molar-refractivity contribution in [2.24, 2.45) is 11.8 Å². The molecule has 2 aliphatic heterocycles. The van der Waals surface area contributed by atoms with E-state index in [0.717, 1.165) is 18.6 Å². The molecular formula is C26H27F4N3O3. The maximum atomic E-state index is 14.8. The van der Waals surface area contributed by atoms with Crippen molar-refractivity contribution in [1.29, 1.82) is 0 Å². The maximum Gasteiger partial charge on any atom is 0.416 e. The predicted octanol–water partition coefficient (Wildman–Crippen LogP) is 4.38. The molecule has 2 aromatic rings. The number of benzene rings is 2. The smallest absolute Gasteiger partial charge is 0.385 e. The number of nitrogens with zero attached hydrogens (tertiary/aromatic N) is 1. The Kier molecular flexibility index (Phi) is 6.40. The van der Waals surface area contributed by atoms with Gasteiger partial charge in [-0.1, -0.05) is 18.2 Å². The van der Waals surface area contributed by atoms with Gasteiger partial charge in [-0.2, -0.15) is 13.2 Å². The van der Waals surface area contributed by atoms with Crippen LogP contribution < -0.4 is 10.6 Å². The van der Waals surface area contributed by atoms with Gasteiger partial charge in [0.15, 0.2) is 0 Å². The molecule has 36 heavy (non-hydrogen) atoms. The van der Waals surface area contributed by atoms with E-state index in [1.807, 2.05) is 19.1 Å². The number of hydrogen-bond donors (Lipinski definition) is 2. The first kappa shape index (κ1) is 24.5. The van der Waals surface area contributed by atoms with E-state index in [1.54, 1.807) is 17.0 Å². The molecule has 0 bridgehead atoms. The van der Waals surface area contributed by atoms with Gasteiger partial charge in [0.2, 0.25) is 5.91 Å². The second-order valence-corrected chi connectivity index (χ2v) is 9.62. The van der Waals surface area contributed by atoms with Crippen molar-refractivity contribution >= 4 is 17.5 Å². The fourth-order valence-corrected chi connectivity index (χ4v) is 5.24. The minimum Gasteiger partial charge on any atom is -0.385 e. The summed E-state index contributed by atoms with van der Waals surface area (Å²) in [7, 11) is 0. The molecule has 6 nitrogen and oxygen atoms in total. The van der Waals surface area contributed by atoms with E-state index in [-0.39, 0.29) is 42.6 Å². The summed E-state index contributed by atoms with van der Waals surface area (Å²) in [6.07, 6.45) is -3.35. The van der Waals surface area contributed by atoms with Crippen LogP contribution in [0.3, 0.4) is 0 Å². The first-order valence-corrected chi connectivity index (χ1v) is 12.1. The molecule has 1 saturated carbocycles. The second-order valence-electron chi connectivity index (χ2n) is 9.62. The largest absolute Gasteiger partial charge is 0.416 e. The van der Waals surface area contributed by atoms with E-state index in [9.17, 15) is 27.2 Å². The topological polar surface area (TPSA) is 70.7 Å². The number of likely N-dealkylation sites (tertiary alicyclic amines) is 1. The maximum absolute atomic E-state index is 14.8. The Morgan fingerprint density at radius 3 is 2.53 bits per heavy atom. The van der Waals surface area contributed by atoms with Gasteiger partial charge in [-0.3, -0.25) is 9.59 Å². The monoisotopic (exact) mass is 505 g/mol. The van der Waals surface area contributed by atoms with Gasteiger partial charge in [-0.25, -0.2) is 4.39 Å². The van der Waals surface area contributed by atoms with Crippen molar-refractivity contribution in [3.63, 3.8) is 0 Å². The molecule has 2 aromatic carbocycles. The Bertz CT molecular complexity index is 1170. The zero-order valence-corrected chi connectivity index (χ0v) is 19.6. The van der Waals surface area contributed by atoms with Crippen LogP contribution >= 0.6 is 0 Å². The van der Waals surface area contributed by atoms with Crippen molar-refractivity contribution in [3.8, 4) is 0 Å². The third kappa shape index (κ3) is 4.54. The standard InChI is InChI=1S/C26H27F4N3O3/c1-2-31-20-6-4-3-5-18(20)25(35)33-21-9-14(21)10-22(33)24(34)32-23(15-12-36-13-15)17-8-7-16(11-19(17)27)26(28,29)30/h3-8,11,14-15,21-23,31H,2,9-10,12-13H2,1H3,(H,32,34)/t14-,21-,22-,23?/m1/s1. The van der Waals surface area contributed by atoms with Gasteiger partial charge in [0.05, 0.1) is 30.4 Å². The number of halogens is 4. The molecule has 0 spiro atoms. The third-order valence-corrected chi connectivity index (χ3v) is 7.26. The van der Waals surface area contributed by atoms with Crippen molar-refractivity contribution in [1.82, 2.24) is 10.2 Å². The molecule has 2 saturated heterocycles. The molecule has 2 N–H and O–H groups in total. The van der Waals surface area contributed by atoms with Crippen molar-refractivity contribution in [2.45, 2.75) is 44.1 Å². The highest BCUT2D eigenvalue weighted by molar-refractivity contribution is 6.02. The lowest BCUT2D eigenvalue weighted by Gasteiger charge is -2.36. The Labute approximate surface area is 206 Å².